The van der Waals surface area contributed by atoms with Crippen molar-refractivity contribution in [2.75, 3.05) is 63.1 Å². The van der Waals surface area contributed by atoms with E-state index < -0.39 is 231 Å². The first-order valence-electron chi connectivity index (χ1n) is 37.8. The van der Waals surface area contributed by atoms with Gasteiger partial charge in [-0.25, -0.2) is 53.8 Å². The van der Waals surface area contributed by atoms with Gasteiger partial charge < -0.3 is 121 Å². The van der Waals surface area contributed by atoms with E-state index in [0.29, 0.717) is 23.1 Å². The van der Waals surface area contributed by atoms with Crippen molar-refractivity contribution in [2.45, 2.75) is 183 Å². The van der Waals surface area contributed by atoms with Crippen LogP contribution in [-0.4, -0.2) is 210 Å². The predicted octanol–water partition coefficient (Wildman–Crippen LogP) is -0.188. The highest BCUT2D eigenvalue weighted by Crippen LogP contribution is 2.59. The number of hydrogen-bond acceptors (Lipinski definition) is 46. The predicted molar refractivity (Wildman–Crippen MR) is 452 cm³/mol. The second-order valence-electron chi connectivity index (χ2n) is 29.3. The average molecular weight is 1990 g/mol. The van der Waals surface area contributed by atoms with E-state index in [0.717, 1.165) is 20.8 Å². The lowest BCUT2D eigenvalue weighted by Crippen LogP contribution is -2.34. The summed E-state index contributed by atoms with van der Waals surface area (Å²) < 4.78 is 131. The summed E-state index contributed by atoms with van der Waals surface area (Å²) in [5.41, 5.74) is 20.5. The van der Waals surface area contributed by atoms with Crippen molar-refractivity contribution in [3.8, 4) is 0 Å². The van der Waals surface area contributed by atoms with Gasteiger partial charge in [-0.2, -0.15) is 9.97 Å². The number of nitrogens with two attached hydrogens (primary N) is 4. The number of hydrogen-bond donors (Lipinski definition) is 10. The van der Waals surface area contributed by atoms with Crippen LogP contribution in [0.2, 0.25) is 0 Å². The van der Waals surface area contributed by atoms with Crippen LogP contribution < -0.4 is 71.4 Å². The van der Waals surface area contributed by atoms with Crippen LogP contribution in [0.3, 0.4) is 0 Å². The number of aryl methyl sites for hydroxylation is 3. The van der Waals surface area contributed by atoms with Gasteiger partial charge in [-0.3, -0.25) is 65.8 Å². The molecular formula is C62H79N22O30P6S6-3. The van der Waals surface area contributed by atoms with E-state index >= 15 is 0 Å². The molecule has 6 fully saturated rings. The monoisotopic (exact) mass is 1990 g/mol. The van der Waals surface area contributed by atoms with Crippen LogP contribution in [0.25, 0.3) is 33.5 Å². The fourth-order valence-corrected chi connectivity index (χ4v) is 23.1. The summed E-state index contributed by atoms with van der Waals surface area (Å²) in [6.07, 6.45) is -13.4. The molecule has 0 spiro atoms. The summed E-state index contributed by atoms with van der Waals surface area (Å²) in [5, 5.41) is 0. The van der Waals surface area contributed by atoms with E-state index in [4.69, 9.17) is 165 Å². The third kappa shape index (κ3) is 21.4. The molecule has 13 N–H and O–H groups in total. The van der Waals surface area contributed by atoms with Crippen molar-refractivity contribution >= 4 is 169 Å². The molecule has 64 heteroatoms. The van der Waals surface area contributed by atoms with Crippen molar-refractivity contribution in [3.63, 3.8) is 0 Å². The SMILES string of the molecule is CC[C@H]1O[C@@H](n2cnc3c(N)ncnc32)CC1OP(O)(=S)OC[C@H]1O[C@@H](n2cc(C)c(=O)[nH]c2=O)CC1OP(=O)(S)OC[C@H]1O[C@@H](n2cc(C)c(=O)[nH]c2=O)CC1OP([O-])(=S)OC[C@H]1O[C@@H](n2cc(C)c(N)nc2=O)CC1OP([O-])(=S)OC[C@H]1O[C@@H](n2cnc3c(N)ncnc32)CC1OP(O)(=S)OC[C@H]1O[C@@H](n2cnc3c(=O)[nH]c(N)nc32)CC1OP([O-])(=S)OC. The number of H-pyrrole nitrogens is 3. The van der Waals surface area contributed by atoms with Gasteiger partial charge in [0.2, 0.25) is 5.95 Å². The quantitative estimate of drug-likeness (QED) is 0.0182. The van der Waals surface area contributed by atoms with Crippen LogP contribution in [-0.2, 0) is 146 Å². The van der Waals surface area contributed by atoms with Gasteiger partial charge in [0.15, 0.2) is 34.1 Å². The molecule has 686 valence electrons. The summed E-state index contributed by atoms with van der Waals surface area (Å²) in [4.78, 5) is 189. The molecule has 9 aromatic heterocycles. The zero-order valence-electron chi connectivity index (χ0n) is 66.0. The second-order valence-corrected chi connectivity index (χ2v) is 45.9. The van der Waals surface area contributed by atoms with Gasteiger partial charge >= 0.3 is 37.3 Å². The lowest BCUT2D eigenvalue weighted by atomic mass is 10.1. The van der Waals surface area contributed by atoms with E-state index in [-0.39, 0.29) is 82.5 Å². The molecule has 6 aliphatic rings. The molecular weight excluding hydrogens is 1910 g/mol. The number of nitrogen functional groups attached to an aromatic ring is 4. The molecule has 9 aromatic rings. The van der Waals surface area contributed by atoms with Crippen molar-refractivity contribution in [1.82, 2.24) is 87.2 Å². The topological polar surface area (TPSA) is 692 Å². The largest absolute Gasteiger partial charge is 0.780 e. The van der Waals surface area contributed by atoms with Crippen LogP contribution in [0.15, 0.2) is 79.0 Å². The Bertz CT molecular complexity index is 6330. The Morgan fingerprint density at radius 2 is 0.802 bits per heavy atom. The normalized spacial score (nSPS) is 29.4. The summed E-state index contributed by atoms with van der Waals surface area (Å²) in [6.45, 7) is -25.3. The fourth-order valence-electron chi connectivity index (χ4n) is 14.7. The first kappa shape index (κ1) is 94.4. The average Bonchev–Trinajstić information content (AvgIpc) is 1.61. The second kappa shape index (κ2) is 37.8. The maximum atomic E-state index is 14.8. The molecule has 12 unspecified atom stereocenters. The Balaban J connectivity index is 0.634. The third-order valence-corrected chi connectivity index (χ3v) is 30.5. The fraction of sp³-hybridized carbons (Fsp3) is 0.565. The zero-order valence-corrected chi connectivity index (χ0v) is 76.4. The molecule has 0 amide bonds. The summed E-state index contributed by atoms with van der Waals surface area (Å²) in [7, 11) is 1.06. The maximum absolute atomic E-state index is 14.8. The standard InChI is InChI=1S/C62H82N22O30P6S6/c1-6-29-30(7-44(103-29)82-23-71-47-51(64)67-21-69-53(47)82)110-116(92,122)98-17-38-33(9-42(105-38)80-14-27(3)56(85)77-61(80)89)112-118(94,124)101-19-39-34(10-43(106-39)81-15-28(4)57(86)78-62(81)90)113-117(93,123)100-18-37-32(8-41(104-37)79-13-26(2)50(63)74-60(79)88)111-119(95,125)102-20-40-35(12-45(107-40)83-24-72-48-52(65)68-22-70-54(48)83)114-120(96,126)99-16-36-31(109-115(91,121)97-5)11-46(108-36)84-25-73-49-55(84)75-59(66)76-58(49)87/h13-15,21-25,29-46H,6-12,16-20H2,1-5H3,(H,91,121)(H,92,122)(H,93,123)(H,94,124)(H,95,125)(H,96,126)(H2,63,74,88)(H2,64,67,69)(H2,65,68,70)(H,77,85,89)(H,78,86,90)(H3,66,75,76,87)/p-3/t29-,30?,31?,32?,33?,34?,35?,36-,37-,38-,39-,40-,41-,42-,43-,44-,45-,46-,115?,116?,117?,118?,119?,120?/m1/s1. The molecule has 0 bridgehead atoms. The van der Waals surface area contributed by atoms with Crippen LogP contribution in [0, 0.1) is 20.8 Å². The first-order valence-corrected chi connectivity index (χ1v) is 53.3. The number of nitrogens with one attached hydrogen (secondary N) is 3. The van der Waals surface area contributed by atoms with Crippen molar-refractivity contribution in [1.29, 1.82) is 0 Å². The number of aromatic nitrogens is 18. The first-order chi connectivity index (χ1) is 59.5. The van der Waals surface area contributed by atoms with Gasteiger partial charge in [0.25, 0.3) is 16.7 Å². The zero-order chi connectivity index (χ0) is 90.2. The molecule has 6 saturated heterocycles. The van der Waals surface area contributed by atoms with E-state index in [9.17, 15) is 57.8 Å². The molecule has 0 aromatic carbocycles. The Labute approximate surface area is 738 Å². The number of imidazole rings is 3. The Hall–Kier alpha value is -6.20. The molecule has 126 heavy (non-hydrogen) atoms. The minimum Gasteiger partial charge on any atom is -0.780 e. The molecule has 24 atom stereocenters. The van der Waals surface area contributed by atoms with Crippen molar-refractivity contribution < 1.29 is 112 Å². The number of ether oxygens (including phenoxy) is 6. The highest BCUT2D eigenvalue weighted by atomic mass is 32.7. The molecule has 6 aliphatic heterocycles. The van der Waals surface area contributed by atoms with E-state index in [2.05, 4.69) is 72.1 Å². The molecule has 0 aliphatic carbocycles. The number of rotatable bonds is 35. The Morgan fingerprint density at radius 1 is 0.444 bits per heavy atom. The maximum Gasteiger partial charge on any atom is 0.386 e. The Kier molecular flexibility index (Phi) is 28.3. The highest BCUT2D eigenvalue weighted by molar-refractivity contribution is 8.44. The number of thiol groups is 1. The molecule has 15 rings (SSSR count). The molecule has 52 nitrogen and oxygen atoms in total. The van der Waals surface area contributed by atoms with Gasteiger partial charge in [-0.05, 0) is 50.8 Å². The molecule has 15 heterocycles. The van der Waals surface area contributed by atoms with Crippen LogP contribution in [0.1, 0.15) is 106 Å². The minimum atomic E-state index is -4.98. The van der Waals surface area contributed by atoms with Gasteiger partial charge in [-0.1, -0.05) is 54.6 Å². The minimum absolute atomic E-state index is 0.00727. The third-order valence-electron chi connectivity index (χ3n) is 20.9. The number of nitrogens with zero attached hydrogens (tertiary/aromatic N) is 15. The van der Waals surface area contributed by atoms with Crippen molar-refractivity contribution in [3.05, 3.63) is 129 Å². The molecule has 0 saturated carbocycles. The lowest BCUT2D eigenvalue weighted by Gasteiger charge is -2.35. The van der Waals surface area contributed by atoms with E-state index in [1.807, 2.05) is 6.92 Å². The number of anilines is 4. The van der Waals surface area contributed by atoms with E-state index in [1.54, 1.807) is 11.5 Å². The Morgan fingerprint density at radius 3 is 1.24 bits per heavy atom. The highest BCUT2D eigenvalue weighted by Gasteiger charge is 2.50. The lowest BCUT2D eigenvalue weighted by molar-refractivity contribution is -0.219. The van der Waals surface area contributed by atoms with Gasteiger partial charge in [0, 0.05) is 80.9 Å². The van der Waals surface area contributed by atoms with Gasteiger partial charge in [0.05, 0.1) is 88.6 Å². The number of aromatic amines is 3. The number of fused-ring (bicyclic) bond motifs is 3. The smallest absolute Gasteiger partial charge is 0.386 e. The van der Waals surface area contributed by atoms with Crippen LogP contribution >= 0.6 is 52.6 Å². The summed E-state index contributed by atoms with van der Waals surface area (Å²) >= 11 is 31.5. The molecule has 0 radical (unpaired) electrons. The summed E-state index contributed by atoms with van der Waals surface area (Å²) in [5.74, 6) is -0.221. The van der Waals surface area contributed by atoms with Gasteiger partial charge in [-0.15, -0.1) is 0 Å². The van der Waals surface area contributed by atoms with Crippen molar-refractivity contribution in [2.24, 2.45) is 0 Å². The van der Waals surface area contributed by atoms with Crippen LogP contribution in [0.4, 0.5) is 23.4 Å². The van der Waals surface area contributed by atoms with E-state index in [1.165, 1.54) is 73.2 Å². The summed E-state index contributed by atoms with van der Waals surface area (Å²) in [6, 6.07) is 0. The van der Waals surface area contributed by atoms with Gasteiger partial charge in [0.1, 0.15) is 124 Å². The van der Waals surface area contributed by atoms with Crippen LogP contribution in [0.5, 0.6) is 0 Å².